The molecule has 0 aliphatic carbocycles. The molecule has 2 aromatic carbocycles. The van der Waals surface area contributed by atoms with Crippen LogP contribution in [0, 0.1) is 20.2 Å². The highest BCUT2D eigenvalue weighted by atomic mass is 17.2. The first kappa shape index (κ1) is 16.5. The van der Waals surface area contributed by atoms with Crippen molar-refractivity contribution >= 4 is 23.3 Å². The summed E-state index contributed by atoms with van der Waals surface area (Å²) in [6.45, 7) is 0. The van der Waals surface area contributed by atoms with Gasteiger partial charge in [-0.2, -0.15) is 0 Å². The van der Waals surface area contributed by atoms with E-state index < -0.39 is 38.7 Å². The molecule has 0 radical (unpaired) electrons. The summed E-state index contributed by atoms with van der Waals surface area (Å²) in [5.74, 6) is -2.41. The number of carbonyl (C=O) groups is 2. The van der Waals surface area contributed by atoms with Crippen LogP contribution in [0.1, 0.15) is 20.7 Å². The van der Waals surface area contributed by atoms with Gasteiger partial charge in [-0.3, -0.25) is 20.2 Å². The Morgan fingerprint density at radius 2 is 1.42 bits per heavy atom. The molecule has 0 spiro atoms. The van der Waals surface area contributed by atoms with Crippen LogP contribution in [0.15, 0.2) is 48.5 Å². The molecule has 0 N–H and O–H groups in total. The summed E-state index contributed by atoms with van der Waals surface area (Å²) in [6.07, 6.45) is 0. The van der Waals surface area contributed by atoms with Crippen LogP contribution in [-0.4, -0.2) is 21.8 Å². The van der Waals surface area contributed by atoms with Gasteiger partial charge in [-0.15, -0.1) is 0 Å². The Balaban J connectivity index is 2.21. The second-order valence-corrected chi connectivity index (χ2v) is 4.30. The fourth-order valence-corrected chi connectivity index (χ4v) is 1.78. The molecule has 0 unspecified atom stereocenters. The zero-order chi connectivity index (χ0) is 17.7. The molecule has 24 heavy (non-hydrogen) atoms. The lowest BCUT2D eigenvalue weighted by atomic mass is 10.1. The molecule has 122 valence electrons. The molecule has 0 aliphatic heterocycles. The zero-order valence-electron chi connectivity index (χ0n) is 11.8. The highest BCUT2D eigenvalue weighted by Gasteiger charge is 2.33. The minimum Gasteiger partial charge on any atom is -0.258 e. The minimum absolute atomic E-state index is 0.0823. The highest BCUT2D eigenvalue weighted by Crippen LogP contribution is 2.30. The smallest absolute Gasteiger partial charge is 0.258 e. The number of rotatable bonds is 4. The number of hydrogen-bond donors (Lipinski definition) is 0. The van der Waals surface area contributed by atoms with Gasteiger partial charge in [-0.1, -0.05) is 24.3 Å². The van der Waals surface area contributed by atoms with Gasteiger partial charge >= 0.3 is 23.3 Å². The monoisotopic (exact) mass is 332 g/mol. The molecule has 0 heterocycles. The first-order chi connectivity index (χ1) is 11.4. The van der Waals surface area contributed by atoms with Gasteiger partial charge in [0.15, 0.2) is 0 Å². The number of benzene rings is 2. The Bertz CT molecular complexity index is 819. The average molecular weight is 332 g/mol. The Morgan fingerprint density at radius 3 is 2.00 bits per heavy atom. The van der Waals surface area contributed by atoms with Crippen LogP contribution in [0.3, 0.4) is 0 Å². The van der Waals surface area contributed by atoms with Crippen LogP contribution >= 0.6 is 0 Å². The average Bonchev–Trinajstić information content (AvgIpc) is 2.59. The van der Waals surface area contributed by atoms with E-state index in [4.69, 9.17) is 0 Å². The molecule has 0 amide bonds. The van der Waals surface area contributed by atoms with E-state index >= 15 is 0 Å². The van der Waals surface area contributed by atoms with Crippen molar-refractivity contribution in [2.75, 3.05) is 0 Å². The molecule has 2 rings (SSSR count). The number of hydrogen-bond acceptors (Lipinski definition) is 8. The Hall–Kier alpha value is -3.82. The van der Waals surface area contributed by atoms with Gasteiger partial charge in [-0.25, -0.2) is 19.4 Å². The van der Waals surface area contributed by atoms with Crippen LogP contribution in [-0.2, 0) is 9.78 Å². The van der Waals surface area contributed by atoms with Crippen molar-refractivity contribution in [1.29, 1.82) is 0 Å². The van der Waals surface area contributed by atoms with Gasteiger partial charge in [-0.05, 0) is 18.2 Å². The van der Waals surface area contributed by atoms with Crippen molar-refractivity contribution in [3.63, 3.8) is 0 Å². The standard InChI is InChI=1S/C14H8N2O8/c17-13(9-5-2-1-3-6-9)23-24-14(18)10-7-4-8-11(15(19)20)12(10)16(21)22/h1-8H. The molecule has 0 atom stereocenters. The maximum atomic E-state index is 11.9. The Labute approximate surface area is 133 Å². The quantitative estimate of drug-likeness (QED) is 0.472. The van der Waals surface area contributed by atoms with Gasteiger partial charge in [0.05, 0.1) is 15.4 Å². The van der Waals surface area contributed by atoms with Crippen molar-refractivity contribution < 1.29 is 29.2 Å². The summed E-state index contributed by atoms with van der Waals surface area (Å²) < 4.78 is 0. The molecule has 0 aliphatic rings. The van der Waals surface area contributed by atoms with Gasteiger partial charge in [0, 0.05) is 6.07 Å². The molecule has 10 heteroatoms. The zero-order valence-corrected chi connectivity index (χ0v) is 11.8. The lowest BCUT2D eigenvalue weighted by Crippen LogP contribution is -2.13. The maximum Gasteiger partial charge on any atom is 0.393 e. The van der Waals surface area contributed by atoms with Crippen molar-refractivity contribution in [2.24, 2.45) is 0 Å². The number of para-hydroxylation sites is 1. The van der Waals surface area contributed by atoms with Crippen LogP contribution in [0.4, 0.5) is 11.4 Å². The second kappa shape index (κ2) is 6.96. The summed E-state index contributed by atoms with van der Waals surface area (Å²) >= 11 is 0. The number of carbonyl (C=O) groups excluding carboxylic acids is 2. The van der Waals surface area contributed by atoms with E-state index in [0.717, 1.165) is 18.2 Å². The van der Waals surface area contributed by atoms with Gasteiger partial charge in [0.2, 0.25) is 0 Å². The second-order valence-electron chi connectivity index (χ2n) is 4.30. The van der Waals surface area contributed by atoms with Gasteiger partial charge < -0.3 is 0 Å². The molecule has 2 aromatic rings. The molecule has 0 saturated heterocycles. The summed E-state index contributed by atoms with van der Waals surface area (Å²) in [6, 6.07) is 10.4. The van der Waals surface area contributed by atoms with E-state index in [-0.39, 0.29) is 5.56 Å². The van der Waals surface area contributed by atoms with E-state index in [0.29, 0.717) is 0 Å². The summed E-state index contributed by atoms with van der Waals surface area (Å²) in [4.78, 5) is 51.8. The molecule has 0 saturated carbocycles. The lowest BCUT2D eigenvalue weighted by molar-refractivity contribution is -0.422. The summed E-state index contributed by atoms with van der Waals surface area (Å²) in [5, 5.41) is 21.8. The molecular formula is C14H8N2O8. The lowest BCUT2D eigenvalue weighted by Gasteiger charge is -2.04. The molecular weight excluding hydrogens is 324 g/mol. The number of nitrogens with zero attached hydrogens (tertiary/aromatic N) is 2. The highest BCUT2D eigenvalue weighted by molar-refractivity contribution is 5.96. The maximum absolute atomic E-state index is 11.9. The predicted octanol–water partition coefficient (Wildman–Crippen LogP) is 2.43. The molecule has 10 nitrogen and oxygen atoms in total. The van der Waals surface area contributed by atoms with E-state index in [1.54, 1.807) is 18.2 Å². The van der Waals surface area contributed by atoms with Gasteiger partial charge in [0.1, 0.15) is 5.56 Å². The SMILES string of the molecule is O=C(OOC(=O)c1cccc([N+](=O)[O-])c1[N+](=O)[O-])c1ccccc1. The fraction of sp³-hybridized carbons (Fsp3) is 0. The topological polar surface area (TPSA) is 139 Å². The summed E-state index contributed by atoms with van der Waals surface area (Å²) in [5.41, 5.74) is -2.57. The van der Waals surface area contributed by atoms with E-state index in [1.165, 1.54) is 12.1 Å². The summed E-state index contributed by atoms with van der Waals surface area (Å²) in [7, 11) is 0. The predicted molar refractivity (Wildman–Crippen MR) is 77.0 cm³/mol. The van der Waals surface area contributed by atoms with Crippen molar-refractivity contribution in [2.45, 2.75) is 0 Å². The Morgan fingerprint density at radius 1 is 0.792 bits per heavy atom. The molecule has 0 aromatic heterocycles. The number of nitro groups is 2. The van der Waals surface area contributed by atoms with Crippen LogP contribution < -0.4 is 0 Å². The van der Waals surface area contributed by atoms with Crippen LogP contribution in [0.25, 0.3) is 0 Å². The van der Waals surface area contributed by atoms with Crippen LogP contribution in [0.5, 0.6) is 0 Å². The third-order valence-corrected chi connectivity index (χ3v) is 2.82. The third kappa shape index (κ3) is 3.50. The van der Waals surface area contributed by atoms with E-state index in [9.17, 15) is 29.8 Å². The third-order valence-electron chi connectivity index (χ3n) is 2.82. The minimum atomic E-state index is -1.41. The van der Waals surface area contributed by atoms with E-state index in [2.05, 4.69) is 9.78 Å². The van der Waals surface area contributed by atoms with Crippen molar-refractivity contribution in [3.05, 3.63) is 79.9 Å². The van der Waals surface area contributed by atoms with E-state index in [1.807, 2.05) is 0 Å². The largest absolute Gasteiger partial charge is 0.393 e. The normalized spacial score (nSPS) is 9.83. The molecule has 0 bridgehead atoms. The van der Waals surface area contributed by atoms with Gasteiger partial charge in [0.25, 0.3) is 0 Å². The molecule has 0 fully saturated rings. The number of nitro benzene ring substituents is 2. The van der Waals surface area contributed by atoms with Crippen molar-refractivity contribution in [3.8, 4) is 0 Å². The first-order valence-corrected chi connectivity index (χ1v) is 6.32. The van der Waals surface area contributed by atoms with Crippen LogP contribution in [0.2, 0.25) is 0 Å². The van der Waals surface area contributed by atoms with Crippen molar-refractivity contribution in [1.82, 2.24) is 0 Å². The first-order valence-electron chi connectivity index (χ1n) is 6.32. The Kier molecular flexibility index (Phi) is 4.80. The fourth-order valence-electron chi connectivity index (χ4n) is 1.78.